The van der Waals surface area contributed by atoms with E-state index < -0.39 is 12.1 Å². The van der Waals surface area contributed by atoms with Crippen LogP contribution in [0.4, 0.5) is 18.9 Å². The Labute approximate surface area is 93.0 Å². The molecule has 0 radical (unpaired) electrons. The SMILES string of the molecule is [C-]#[N+]c1c(Cl)cc(OC(F)(F)F)cc1Cl. The predicted molar refractivity (Wildman–Crippen MR) is 49.4 cm³/mol. The fourth-order valence-corrected chi connectivity index (χ4v) is 1.39. The van der Waals surface area contributed by atoms with E-state index in [0.29, 0.717) is 0 Å². The normalized spacial score (nSPS) is 10.9. The van der Waals surface area contributed by atoms with Crippen LogP contribution in [0, 0.1) is 6.57 Å². The minimum Gasteiger partial charge on any atom is -0.406 e. The first kappa shape index (κ1) is 12.0. The van der Waals surface area contributed by atoms with Gasteiger partial charge in [0.05, 0.1) is 16.6 Å². The van der Waals surface area contributed by atoms with Crippen molar-refractivity contribution < 1.29 is 17.9 Å². The van der Waals surface area contributed by atoms with Crippen LogP contribution in [0.5, 0.6) is 5.75 Å². The molecule has 80 valence electrons. The van der Waals surface area contributed by atoms with Crippen LogP contribution >= 0.6 is 23.2 Å². The minimum absolute atomic E-state index is 0.104. The summed E-state index contributed by atoms with van der Waals surface area (Å²) in [7, 11) is 0. The number of hydrogen-bond donors (Lipinski definition) is 0. The zero-order valence-corrected chi connectivity index (χ0v) is 8.41. The Morgan fingerprint density at radius 1 is 1.20 bits per heavy atom. The van der Waals surface area contributed by atoms with Gasteiger partial charge in [0.2, 0.25) is 5.69 Å². The largest absolute Gasteiger partial charge is 0.573 e. The van der Waals surface area contributed by atoms with Crippen molar-refractivity contribution in [3.05, 3.63) is 33.6 Å². The lowest BCUT2D eigenvalue weighted by molar-refractivity contribution is -0.274. The topological polar surface area (TPSA) is 13.6 Å². The Kier molecular flexibility index (Phi) is 3.32. The second-order valence-corrected chi connectivity index (χ2v) is 3.21. The van der Waals surface area contributed by atoms with Gasteiger partial charge in [-0.2, -0.15) is 0 Å². The van der Waals surface area contributed by atoms with Crippen LogP contribution in [0.3, 0.4) is 0 Å². The zero-order chi connectivity index (χ0) is 11.6. The monoisotopic (exact) mass is 255 g/mol. The molecule has 0 spiro atoms. The summed E-state index contributed by atoms with van der Waals surface area (Å²) in [5, 5.41) is -0.367. The van der Waals surface area contributed by atoms with Crippen LogP contribution in [-0.2, 0) is 0 Å². The molecule has 0 bridgehead atoms. The van der Waals surface area contributed by atoms with E-state index >= 15 is 0 Å². The maximum atomic E-state index is 11.8. The molecule has 0 atom stereocenters. The zero-order valence-electron chi connectivity index (χ0n) is 6.90. The van der Waals surface area contributed by atoms with Gasteiger partial charge < -0.3 is 4.74 Å². The first-order valence-corrected chi connectivity index (χ1v) is 4.21. The van der Waals surface area contributed by atoms with E-state index in [-0.39, 0.29) is 15.7 Å². The van der Waals surface area contributed by atoms with Gasteiger partial charge in [-0.3, -0.25) is 0 Å². The fraction of sp³-hybridized carbons (Fsp3) is 0.125. The molecule has 7 heteroatoms. The van der Waals surface area contributed by atoms with Crippen LogP contribution in [0.2, 0.25) is 10.0 Å². The van der Waals surface area contributed by atoms with Crippen molar-refractivity contribution in [2.75, 3.05) is 0 Å². The molecule has 1 aromatic carbocycles. The summed E-state index contributed by atoms with van der Waals surface area (Å²) in [5.74, 6) is -0.551. The van der Waals surface area contributed by atoms with Crippen molar-refractivity contribution in [3.8, 4) is 5.75 Å². The summed E-state index contributed by atoms with van der Waals surface area (Å²) in [4.78, 5) is 2.96. The first-order valence-electron chi connectivity index (χ1n) is 3.46. The molecule has 0 fully saturated rings. The van der Waals surface area contributed by atoms with Crippen LogP contribution < -0.4 is 4.74 Å². The average molecular weight is 256 g/mol. The molecule has 0 aliphatic carbocycles. The lowest BCUT2D eigenvalue weighted by Crippen LogP contribution is -2.17. The summed E-state index contributed by atoms with van der Waals surface area (Å²) in [6.45, 7) is 6.67. The Bertz CT molecular complexity index is 402. The number of ether oxygens (including phenoxy) is 1. The molecule has 0 saturated carbocycles. The van der Waals surface area contributed by atoms with Gasteiger partial charge in [-0.1, -0.05) is 23.2 Å². The highest BCUT2D eigenvalue weighted by molar-refractivity contribution is 6.39. The molecule has 0 aliphatic heterocycles. The molecule has 0 aromatic heterocycles. The van der Waals surface area contributed by atoms with Crippen molar-refractivity contribution >= 4 is 28.9 Å². The Morgan fingerprint density at radius 2 is 1.67 bits per heavy atom. The van der Waals surface area contributed by atoms with Gasteiger partial charge in [0.1, 0.15) is 5.75 Å². The summed E-state index contributed by atoms with van der Waals surface area (Å²) in [6, 6.07) is 1.77. The van der Waals surface area contributed by atoms with E-state index in [1.54, 1.807) is 0 Å². The van der Waals surface area contributed by atoms with Crippen molar-refractivity contribution in [2.45, 2.75) is 6.36 Å². The molecule has 15 heavy (non-hydrogen) atoms. The van der Waals surface area contributed by atoms with Crippen molar-refractivity contribution in [2.24, 2.45) is 0 Å². The highest BCUT2D eigenvalue weighted by Gasteiger charge is 2.31. The van der Waals surface area contributed by atoms with Crippen LogP contribution in [0.25, 0.3) is 4.85 Å². The molecular formula is C8H2Cl2F3NO. The Hall–Kier alpha value is -1.12. The highest BCUT2D eigenvalue weighted by Crippen LogP contribution is 2.38. The molecule has 1 rings (SSSR count). The van der Waals surface area contributed by atoms with Crippen molar-refractivity contribution in [1.29, 1.82) is 0 Å². The predicted octanol–water partition coefficient (Wildman–Crippen LogP) is 4.44. The van der Waals surface area contributed by atoms with Gasteiger partial charge in [-0.25, -0.2) is 4.85 Å². The molecule has 0 unspecified atom stereocenters. The van der Waals surface area contributed by atoms with Crippen LogP contribution in [0.1, 0.15) is 0 Å². The summed E-state index contributed by atoms with van der Waals surface area (Å²) in [6.07, 6.45) is -4.81. The molecule has 2 nitrogen and oxygen atoms in total. The number of benzene rings is 1. The second-order valence-electron chi connectivity index (χ2n) is 2.40. The standard InChI is InChI=1S/C8H2Cl2F3NO/c1-14-7-5(9)2-4(3-6(7)10)15-8(11,12)13/h2-3H. The van der Waals surface area contributed by atoms with Crippen LogP contribution in [-0.4, -0.2) is 6.36 Å². The van der Waals surface area contributed by atoms with Gasteiger partial charge in [-0.05, 0) is 12.1 Å². The van der Waals surface area contributed by atoms with Crippen LogP contribution in [0.15, 0.2) is 12.1 Å². The molecule has 0 N–H and O–H groups in total. The lowest BCUT2D eigenvalue weighted by Gasteiger charge is -2.10. The second kappa shape index (κ2) is 4.17. The van der Waals surface area contributed by atoms with Gasteiger partial charge >= 0.3 is 6.36 Å². The number of halogens is 5. The molecule has 1 aromatic rings. The van der Waals surface area contributed by atoms with E-state index in [0.717, 1.165) is 12.1 Å². The summed E-state index contributed by atoms with van der Waals surface area (Å²) in [5.41, 5.74) is -0.104. The number of alkyl halides is 3. The van der Waals surface area contributed by atoms with Gasteiger partial charge in [0, 0.05) is 0 Å². The van der Waals surface area contributed by atoms with Gasteiger partial charge in [0.25, 0.3) is 0 Å². The Balaban J connectivity index is 3.11. The van der Waals surface area contributed by atoms with E-state index in [1.807, 2.05) is 0 Å². The maximum Gasteiger partial charge on any atom is 0.573 e. The molecule has 0 amide bonds. The third kappa shape index (κ3) is 3.18. The third-order valence-corrected chi connectivity index (χ3v) is 1.91. The molecular weight excluding hydrogens is 254 g/mol. The fourth-order valence-electron chi connectivity index (χ4n) is 0.842. The van der Waals surface area contributed by atoms with Gasteiger partial charge in [0.15, 0.2) is 0 Å². The maximum absolute atomic E-state index is 11.8. The van der Waals surface area contributed by atoms with E-state index in [2.05, 4.69) is 9.58 Å². The highest BCUT2D eigenvalue weighted by atomic mass is 35.5. The number of rotatable bonds is 1. The molecule has 0 heterocycles. The number of nitrogens with zero attached hydrogens (tertiary/aromatic N) is 1. The van der Waals surface area contributed by atoms with E-state index in [1.165, 1.54) is 0 Å². The minimum atomic E-state index is -4.81. The third-order valence-electron chi connectivity index (χ3n) is 1.34. The quantitative estimate of drug-likeness (QED) is 0.677. The van der Waals surface area contributed by atoms with Gasteiger partial charge in [-0.15, -0.1) is 13.2 Å². The lowest BCUT2D eigenvalue weighted by atomic mass is 10.3. The summed E-state index contributed by atoms with van der Waals surface area (Å²) < 4.78 is 39.0. The average Bonchev–Trinajstić information content (AvgIpc) is 1.99. The number of hydrogen-bond acceptors (Lipinski definition) is 1. The Morgan fingerprint density at radius 3 is 2.00 bits per heavy atom. The van der Waals surface area contributed by atoms with Crippen molar-refractivity contribution in [3.63, 3.8) is 0 Å². The first-order chi connectivity index (χ1) is 6.83. The summed E-state index contributed by atoms with van der Waals surface area (Å²) >= 11 is 11.0. The molecule has 0 saturated heterocycles. The smallest absolute Gasteiger partial charge is 0.406 e. The van der Waals surface area contributed by atoms with E-state index in [9.17, 15) is 13.2 Å². The molecule has 0 aliphatic rings. The van der Waals surface area contributed by atoms with E-state index in [4.69, 9.17) is 29.8 Å². The van der Waals surface area contributed by atoms with Crippen molar-refractivity contribution in [1.82, 2.24) is 0 Å².